The fourth-order valence-corrected chi connectivity index (χ4v) is 3.43. The minimum absolute atomic E-state index is 0.679. The van der Waals surface area contributed by atoms with E-state index >= 15 is 0 Å². The predicted molar refractivity (Wildman–Crippen MR) is 98.4 cm³/mol. The third-order valence-electron chi connectivity index (χ3n) is 4.53. The van der Waals surface area contributed by atoms with E-state index in [1.165, 1.54) is 24.9 Å². The van der Waals surface area contributed by atoms with Gasteiger partial charge in [0.1, 0.15) is 5.69 Å². The topological polar surface area (TPSA) is 29.3 Å². The number of aromatic nitrogens is 1. The van der Waals surface area contributed by atoms with Gasteiger partial charge in [-0.2, -0.15) is 0 Å². The fraction of sp³-hybridized carbons (Fsp3) is 0.250. The highest BCUT2D eigenvalue weighted by molar-refractivity contribution is 6.33. The molecule has 0 aliphatic carbocycles. The first kappa shape index (κ1) is 15.3. The lowest BCUT2D eigenvalue weighted by molar-refractivity contribution is 0.435. The van der Waals surface area contributed by atoms with Crippen LogP contribution in [0, 0.1) is 0 Å². The number of hydrogen-bond donors (Lipinski definition) is 0. The van der Waals surface area contributed by atoms with Crippen LogP contribution in [0.15, 0.2) is 59.1 Å². The summed E-state index contributed by atoms with van der Waals surface area (Å²) in [5.74, 6) is 0.759. The Bertz CT molecular complexity index is 820. The lowest BCUT2D eigenvalue weighted by Gasteiger charge is -2.28. The molecule has 3 aromatic rings. The molecule has 0 amide bonds. The number of piperidine rings is 1. The van der Waals surface area contributed by atoms with Crippen molar-refractivity contribution in [2.75, 3.05) is 18.0 Å². The summed E-state index contributed by atoms with van der Waals surface area (Å²) in [4.78, 5) is 2.45. The second-order valence-corrected chi connectivity index (χ2v) is 6.56. The molecule has 24 heavy (non-hydrogen) atoms. The Kier molecular flexibility index (Phi) is 4.26. The van der Waals surface area contributed by atoms with E-state index in [1.807, 2.05) is 30.3 Å². The Labute approximate surface area is 146 Å². The Hall–Kier alpha value is -2.26. The molecule has 4 heteroatoms. The van der Waals surface area contributed by atoms with E-state index in [1.54, 1.807) is 0 Å². The lowest BCUT2D eigenvalue weighted by Crippen LogP contribution is -2.29. The second kappa shape index (κ2) is 6.70. The zero-order valence-corrected chi connectivity index (χ0v) is 14.2. The van der Waals surface area contributed by atoms with Crippen LogP contribution >= 0.6 is 11.6 Å². The first-order valence-electron chi connectivity index (χ1n) is 8.38. The van der Waals surface area contributed by atoms with Crippen LogP contribution in [0.25, 0.3) is 22.6 Å². The maximum Gasteiger partial charge on any atom is 0.167 e. The number of rotatable bonds is 3. The maximum atomic E-state index is 6.23. The quantitative estimate of drug-likeness (QED) is 0.617. The molecule has 1 aliphatic heterocycles. The highest BCUT2D eigenvalue weighted by Crippen LogP contribution is 2.31. The first-order valence-corrected chi connectivity index (χ1v) is 8.76. The second-order valence-electron chi connectivity index (χ2n) is 6.15. The smallest absolute Gasteiger partial charge is 0.167 e. The number of hydrogen-bond acceptors (Lipinski definition) is 3. The van der Waals surface area contributed by atoms with E-state index in [0.29, 0.717) is 5.02 Å². The fourth-order valence-electron chi connectivity index (χ4n) is 3.20. The summed E-state index contributed by atoms with van der Waals surface area (Å²) >= 11 is 6.23. The van der Waals surface area contributed by atoms with E-state index in [4.69, 9.17) is 16.1 Å². The Morgan fingerprint density at radius 2 is 1.67 bits per heavy atom. The highest BCUT2D eigenvalue weighted by atomic mass is 35.5. The zero-order chi connectivity index (χ0) is 16.4. The highest BCUT2D eigenvalue weighted by Gasteiger charge is 2.13. The van der Waals surface area contributed by atoms with Gasteiger partial charge in [0.2, 0.25) is 0 Å². The van der Waals surface area contributed by atoms with Crippen molar-refractivity contribution in [3.05, 3.63) is 59.6 Å². The van der Waals surface area contributed by atoms with E-state index in [-0.39, 0.29) is 0 Å². The molecule has 0 atom stereocenters. The molecule has 2 heterocycles. The van der Waals surface area contributed by atoms with Crippen molar-refractivity contribution in [3.63, 3.8) is 0 Å². The van der Waals surface area contributed by atoms with Crippen molar-refractivity contribution < 1.29 is 4.52 Å². The van der Waals surface area contributed by atoms with E-state index in [9.17, 15) is 0 Å². The van der Waals surface area contributed by atoms with Crippen LogP contribution in [0.1, 0.15) is 19.3 Å². The SMILES string of the molecule is Clc1ccccc1-c1cc(-c2ccc(N3CCCCC3)cc2)on1. The Morgan fingerprint density at radius 3 is 2.42 bits per heavy atom. The standard InChI is InChI=1S/C20H19ClN2O/c21-18-7-3-2-6-17(18)19-14-20(24-22-19)15-8-10-16(11-9-15)23-12-4-1-5-13-23/h2-3,6-11,14H,1,4-5,12-13H2. The van der Waals surface area contributed by atoms with Crippen LogP contribution < -0.4 is 4.90 Å². The van der Waals surface area contributed by atoms with Gasteiger partial charge in [0.25, 0.3) is 0 Å². The summed E-state index contributed by atoms with van der Waals surface area (Å²) in [6, 6.07) is 18.1. The Morgan fingerprint density at radius 1 is 0.917 bits per heavy atom. The average molecular weight is 339 g/mol. The predicted octanol–water partition coefficient (Wildman–Crippen LogP) is 5.65. The van der Waals surface area contributed by atoms with Crippen molar-refractivity contribution in [1.82, 2.24) is 5.16 Å². The molecule has 3 nitrogen and oxygen atoms in total. The molecule has 1 fully saturated rings. The summed E-state index contributed by atoms with van der Waals surface area (Å²) in [5.41, 5.74) is 3.96. The molecule has 1 saturated heterocycles. The monoisotopic (exact) mass is 338 g/mol. The molecule has 4 rings (SSSR count). The van der Waals surface area contributed by atoms with Gasteiger partial charge in [-0.15, -0.1) is 0 Å². The van der Waals surface area contributed by atoms with Gasteiger partial charge in [-0.1, -0.05) is 35.0 Å². The summed E-state index contributed by atoms with van der Waals surface area (Å²) in [7, 11) is 0. The molecule has 2 aromatic carbocycles. The van der Waals surface area contributed by atoms with Crippen LogP contribution in [-0.4, -0.2) is 18.2 Å². The lowest BCUT2D eigenvalue weighted by atomic mass is 10.1. The molecule has 0 radical (unpaired) electrons. The molecule has 0 N–H and O–H groups in total. The van der Waals surface area contributed by atoms with Gasteiger partial charge in [-0.05, 0) is 49.6 Å². The normalized spacial score (nSPS) is 14.8. The summed E-state index contributed by atoms with van der Waals surface area (Å²) < 4.78 is 5.52. The van der Waals surface area contributed by atoms with Gasteiger partial charge >= 0.3 is 0 Å². The van der Waals surface area contributed by atoms with Gasteiger partial charge in [0.15, 0.2) is 5.76 Å². The molecule has 1 aliphatic rings. The van der Waals surface area contributed by atoms with Crippen molar-refractivity contribution in [2.24, 2.45) is 0 Å². The van der Waals surface area contributed by atoms with Crippen molar-refractivity contribution in [1.29, 1.82) is 0 Å². The van der Waals surface area contributed by atoms with Crippen molar-refractivity contribution in [2.45, 2.75) is 19.3 Å². The summed E-state index contributed by atoms with van der Waals surface area (Å²) in [5, 5.41) is 4.84. The molecular formula is C20H19ClN2O. The van der Waals surface area contributed by atoms with Crippen LogP contribution in [0.5, 0.6) is 0 Å². The zero-order valence-electron chi connectivity index (χ0n) is 13.4. The van der Waals surface area contributed by atoms with E-state index < -0.39 is 0 Å². The van der Waals surface area contributed by atoms with E-state index in [2.05, 4.69) is 34.3 Å². The summed E-state index contributed by atoms with van der Waals surface area (Å²) in [6.45, 7) is 2.30. The minimum Gasteiger partial charge on any atom is -0.372 e. The van der Waals surface area contributed by atoms with Gasteiger partial charge in [-0.3, -0.25) is 0 Å². The molecule has 122 valence electrons. The Balaban J connectivity index is 1.57. The summed E-state index contributed by atoms with van der Waals surface area (Å²) in [6.07, 6.45) is 3.91. The van der Waals surface area contributed by atoms with Crippen LogP contribution in [0.2, 0.25) is 5.02 Å². The van der Waals surface area contributed by atoms with E-state index in [0.717, 1.165) is 35.7 Å². The average Bonchev–Trinajstić information content (AvgIpc) is 3.13. The molecule has 0 bridgehead atoms. The molecule has 1 aromatic heterocycles. The molecule has 0 unspecified atom stereocenters. The molecule has 0 spiro atoms. The molecule has 0 saturated carbocycles. The molecular weight excluding hydrogens is 320 g/mol. The van der Waals surface area contributed by atoms with Crippen LogP contribution in [0.4, 0.5) is 5.69 Å². The van der Waals surface area contributed by atoms with Gasteiger partial charge in [0.05, 0.1) is 5.02 Å². The van der Waals surface area contributed by atoms with Crippen LogP contribution in [0.3, 0.4) is 0 Å². The number of benzene rings is 2. The van der Waals surface area contributed by atoms with Crippen LogP contribution in [-0.2, 0) is 0 Å². The third-order valence-corrected chi connectivity index (χ3v) is 4.86. The third kappa shape index (κ3) is 3.04. The largest absolute Gasteiger partial charge is 0.372 e. The number of anilines is 1. The maximum absolute atomic E-state index is 6.23. The number of halogens is 1. The number of nitrogens with zero attached hydrogens (tertiary/aromatic N) is 2. The van der Waals surface area contributed by atoms with Crippen molar-refractivity contribution >= 4 is 17.3 Å². The van der Waals surface area contributed by atoms with Crippen molar-refractivity contribution in [3.8, 4) is 22.6 Å². The minimum atomic E-state index is 0.679. The van der Waals surface area contributed by atoms with Gasteiger partial charge < -0.3 is 9.42 Å². The van der Waals surface area contributed by atoms with Gasteiger partial charge in [0, 0.05) is 36.0 Å². The van der Waals surface area contributed by atoms with Gasteiger partial charge in [-0.25, -0.2) is 0 Å². The first-order chi connectivity index (χ1) is 11.8.